The molecule has 0 saturated carbocycles. The van der Waals surface area contributed by atoms with E-state index in [9.17, 15) is 4.79 Å². The summed E-state index contributed by atoms with van der Waals surface area (Å²) in [5.74, 6) is -0.896. The van der Waals surface area contributed by atoms with Gasteiger partial charge in [-0.2, -0.15) is 0 Å². The molecule has 2 aromatic carbocycles. The van der Waals surface area contributed by atoms with E-state index in [1.54, 1.807) is 12.1 Å². The minimum Gasteiger partial charge on any atom is -0.478 e. The Bertz CT molecular complexity index is 578. The summed E-state index contributed by atoms with van der Waals surface area (Å²) in [6.45, 7) is 2.81. The first-order valence-electron chi connectivity index (χ1n) is 6.37. The molecule has 20 heavy (non-hydrogen) atoms. The van der Waals surface area contributed by atoms with E-state index in [0.29, 0.717) is 12.1 Å². The quantitative estimate of drug-likeness (QED) is 0.869. The average molecular weight is 334 g/mol. The predicted octanol–water partition coefficient (Wildman–Crippen LogP) is 4.00. The third kappa shape index (κ3) is 3.92. The molecule has 0 unspecified atom stereocenters. The molecule has 104 valence electrons. The number of rotatable bonds is 5. The van der Waals surface area contributed by atoms with Gasteiger partial charge >= 0.3 is 5.97 Å². The van der Waals surface area contributed by atoms with E-state index in [1.165, 1.54) is 5.56 Å². The lowest BCUT2D eigenvalue weighted by atomic mass is 10.1. The maximum atomic E-state index is 10.8. The Kier molecular flexibility index (Phi) is 4.93. The summed E-state index contributed by atoms with van der Waals surface area (Å²) >= 11 is 3.42. The maximum Gasteiger partial charge on any atom is 0.335 e. The molecule has 4 heteroatoms. The highest BCUT2D eigenvalue weighted by molar-refractivity contribution is 9.10. The molecule has 0 heterocycles. The van der Waals surface area contributed by atoms with Crippen molar-refractivity contribution in [3.63, 3.8) is 0 Å². The summed E-state index contributed by atoms with van der Waals surface area (Å²) < 4.78 is 1.07. The molecule has 0 aliphatic carbocycles. The Morgan fingerprint density at radius 3 is 2.30 bits per heavy atom. The number of benzene rings is 2. The first-order valence-corrected chi connectivity index (χ1v) is 7.16. The molecule has 0 spiro atoms. The summed E-state index contributed by atoms with van der Waals surface area (Å²) in [6, 6.07) is 15.4. The Morgan fingerprint density at radius 1 is 1.15 bits per heavy atom. The summed E-state index contributed by atoms with van der Waals surface area (Å²) in [6.07, 6.45) is 0. The summed E-state index contributed by atoms with van der Waals surface area (Å²) in [5.41, 5.74) is 2.60. The molecule has 2 rings (SSSR count). The van der Waals surface area contributed by atoms with Gasteiger partial charge in [0.1, 0.15) is 0 Å². The fraction of sp³-hybridized carbons (Fsp3) is 0.188. The number of nitrogens with one attached hydrogen (secondary N) is 1. The topological polar surface area (TPSA) is 49.3 Å². The number of hydrogen-bond acceptors (Lipinski definition) is 2. The summed E-state index contributed by atoms with van der Waals surface area (Å²) in [7, 11) is 0. The molecule has 0 aliphatic heterocycles. The highest BCUT2D eigenvalue weighted by Gasteiger charge is 2.05. The molecule has 0 amide bonds. The van der Waals surface area contributed by atoms with Crippen molar-refractivity contribution in [1.82, 2.24) is 5.32 Å². The van der Waals surface area contributed by atoms with Crippen LogP contribution in [0.15, 0.2) is 53.0 Å². The van der Waals surface area contributed by atoms with Crippen molar-refractivity contribution in [3.8, 4) is 0 Å². The van der Waals surface area contributed by atoms with E-state index >= 15 is 0 Å². The van der Waals surface area contributed by atoms with Crippen LogP contribution in [0.5, 0.6) is 0 Å². The number of aromatic carboxylic acids is 1. The van der Waals surface area contributed by atoms with E-state index in [-0.39, 0.29) is 6.04 Å². The zero-order valence-electron chi connectivity index (χ0n) is 11.1. The normalized spacial score (nSPS) is 12.1. The minimum absolute atomic E-state index is 0.238. The van der Waals surface area contributed by atoms with Crippen LogP contribution in [0.4, 0.5) is 0 Å². The molecular weight excluding hydrogens is 318 g/mol. The number of hydrogen-bond donors (Lipinski definition) is 2. The maximum absolute atomic E-state index is 10.8. The van der Waals surface area contributed by atoms with E-state index in [0.717, 1.165) is 10.0 Å². The van der Waals surface area contributed by atoms with Crippen LogP contribution in [0.1, 0.15) is 34.5 Å². The van der Waals surface area contributed by atoms with Crippen LogP contribution in [-0.4, -0.2) is 11.1 Å². The van der Waals surface area contributed by atoms with Gasteiger partial charge in [0.05, 0.1) is 5.56 Å². The van der Waals surface area contributed by atoms with Gasteiger partial charge in [-0.1, -0.05) is 40.2 Å². The van der Waals surface area contributed by atoms with Gasteiger partial charge in [0.2, 0.25) is 0 Å². The lowest BCUT2D eigenvalue weighted by molar-refractivity contribution is 0.0697. The van der Waals surface area contributed by atoms with Crippen LogP contribution in [0.3, 0.4) is 0 Å². The van der Waals surface area contributed by atoms with Crippen LogP contribution in [-0.2, 0) is 6.54 Å². The highest BCUT2D eigenvalue weighted by atomic mass is 79.9. The van der Waals surface area contributed by atoms with E-state index in [2.05, 4.69) is 40.3 Å². The fourth-order valence-corrected chi connectivity index (χ4v) is 2.17. The highest BCUT2D eigenvalue weighted by Crippen LogP contribution is 2.17. The third-order valence-electron chi connectivity index (χ3n) is 3.18. The first kappa shape index (κ1) is 14.8. The summed E-state index contributed by atoms with van der Waals surface area (Å²) in [4.78, 5) is 10.8. The van der Waals surface area contributed by atoms with Gasteiger partial charge in [0.25, 0.3) is 0 Å². The van der Waals surface area contributed by atoms with Crippen molar-refractivity contribution in [3.05, 3.63) is 69.7 Å². The number of halogens is 1. The Morgan fingerprint density at radius 2 is 1.75 bits per heavy atom. The number of carbonyl (C=O) groups is 1. The SMILES string of the molecule is C[C@@H](NCc1ccc(C(=O)O)cc1)c1ccc(Br)cc1. The lowest BCUT2D eigenvalue weighted by Crippen LogP contribution is -2.18. The zero-order valence-corrected chi connectivity index (χ0v) is 12.7. The van der Waals surface area contributed by atoms with Gasteiger partial charge < -0.3 is 10.4 Å². The van der Waals surface area contributed by atoms with E-state index < -0.39 is 5.97 Å². The van der Waals surface area contributed by atoms with Crippen LogP contribution < -0.4 is 5.32 Å². The van der Waals surface area contributed by atoms with Crippen LogP contribution in [0.25, 0.3) is 0 Å². The molecule has 3 nitrogen and oxygen atoms in total. The molecule has 0 fully saturated rings. The molecule has 2 N–H and O–H groups in total. The first-order chi connectivity index (χ1) is 9.56. The monoisotopic (exact) mass is 333 g/mol. The third-order valence-corrected chi connectivity index (χ3v) is 3.71. The van der Waals surface area contributed by atoms with Crippen LogP contribution in [0, 0.1) is 0 Å². The van der Waals surface area contributed by atoms with Gasteiger partial charge in [-0.3, -0.25) is 0 Å². The lowest BCUT2D eigenvalue weighted by Gasteiger charge is -2.14. The smallest absolute Gasteiger partial charge is 0.335 e. The molecule has 0 aliphatic rings. The van der Waals surface area contributed by atoms with Crippen molar-refractivity contribution in [2.45, 2.75) is 19.5 Å². The molecule has 1 atom stereocenters. The van der Waals surface area contributed by atoms with Gasteiger partial charge in [0.15, 0.2) is 0 Å². The molecule has 0 aromatic heterocycles. The van der Waals surface area contributed by atoms with Crippen LogP contribution >= 0.6 is 15.9 Å². The Hall–Kier alpha value is -1.65. The largest absolute Gasteiger partial charge is 0.478 e. The molecule has 2 aromatic rings. The van der Waals surface area contributed by atoms with Crippen molar-refractivity contribution >= 4 is 21.9 Å². The Balaban J connectivity index is 1.94. The Labute approximate surface area is 126 Å². The standard InChI is InChI=1S/C16H16BrNO2/c1-11(13-6-8-15(17)9-7-13)18-10-12-2-4-14(5-3-12)16(19)20/h2-9,11,18H,10H2,1H3,(H,19,20)/t11-/m1/s1. The average Bonchev–Trinajstić information content (AvgIpc) is 2.46. The minimum atomic E-state index is -0.896. The second kappa shape index (κ2) is 6.68. The van der Waals surface area contributed by atoms with Gasteiger partial charge in [-0.25, -0.2) is 4.79 Å². The molecule has 0 saturated heterocycles. The second-order valence-electron chi connectivity index (χ2n) is 4.66. The molecule has 0 bridgehead atoms. The van der Waals surface area contributed by atoms with Crippen molar-refractivity contribution in [2.75, 3.05) is 0 Å². The summed E-state index contributed by atoms with van der Waals surface area (Å²) in [5, 5.41) is 12.3. The van der Waals surface area contributed by atoms with Crippen molar-refractivity contribution in [1.29, 1.82) is 0 Å². The fourth-order valence-electron chi connectivity index (χ4n) is 1.91. The number of carboxylic acid groups (broad SMARTS) is 1. The van der Waals surface area contributed by atoms with Crippen molar-refractivity contribution < 1.29 is 9.90 Å². The number of carboxylic acids is 1. The predicted molar refractivity (Wildman–Crippen MR) is 82.8 cm³/mol. The second-order valence-corrected chi connectivity index (χ2v) is 5.57. The molecule has 0 radical (unpaired) electrons. The van der Waals surface area contributed by atoms with Crippen molar-refractivity contribution in [2.24, 2.45) is 0 Å². The van der Waals surface area contributed by atoms with E-state index in [4.69, 9.17) is 5.11 Å². The van der Waals surface area contributed by atoms with Gasteiger partial charge in [0, 0.05) is 17.1 Å². The van der Waals surface area contributed by atoms with Gasteiger partial charge in [-0.05, 0) is 42.3 Å². The van der Waals surface area contributed by atoms with Gasteiger partial charge in [-0.15, -0.1) is 0 Å². The zero-order chi connectivity index (χ0) is 14.5. The molecular formula is C16H16BrNO2. The van der Waals surface area contributed by atoms with E-state index in [1.807, 2.05) is 24.3 Å². The van der Waals surface area contributed by atoms with Crippen LogP contribution in [0.2, 0.25) is 0 Å².